The quantitative estimate of drug-likeness (QED) is 0.356. The van der Waals surface area contributed by atoms with E-state index < -0.39 is 27.3 Å². The maximum absolute atomic E-state index is 13.8. The van der Waals surface area contributed by atoms with Crippen LogP contribution in [-0.4, -0.2) is 43.9 Å². The Morgan fingerprint density at radius 2 is 1.89 bits per heavy atom. The number of benzene rings is 2. The fraction of sp³-hybridized carbons (Fsp3) is 0.571. The van der Waals surface area contributed by atoms with E-state index in [4.69, 9.17) is 16.3 Å². The second kappa shape index (κ2) is 13.4. The highest BCUT2D eigenvalue weighted by molar-refractivity contribution is 7.90. The molecule has 44 heavy (non-hydrogen) atoms. The number of nitrogens with one attached hydrogen (secondary N) is 1. The molecular formula is C35H45ClN2O5S. The Kier molecular flexibility index (Phi) is 9.60. The third-order valence-electron chi connectivity index (χ3n) is 10.5. The van der Waals surface area contributed by atoms with Gasteiger partial charge in [0.05, 0.1) is 17.0 Å². The number of hydrogen-bond donors (Lipinski definition) is 2. The van der Waals surface area contributed by atoms with Crippen molar-refractivity contribution in [1.82, 2.24) is 4.72 Å². The van der Waals surface area contributed by atoms with Crippen LogP contribution >= 0.6 is 11.6 Å². The molecule has 0 saturated heterocycles. The second-order valence-corrected chi connectivity index (χ2v) is 15.8. The standard InChI is InChI=1S/C35H45ClN2O5S/c1-23-6-4-10-32(39)30-15-12-27(30)21-38-17-3-2-9-25-19-29(36)14-11-28(25)22-43-33-16-13-26(20-31(33)38)35(40)37-44(41,42)34(23)18-24-7-5-8-24/h4,10-11,13-14,16,19-20,23-24,27,30,32,34,39H,2-3,5-9,12,15,17-18,21-22H2,1H3,(H,37,40)/b10-4+/t23-,27+,30-,32+,34+/m1/s1. The maximum atomic E-state index is 13.8. The van der Waals surface area contributed by atoms with Crippen molar-refractivity contribution in [2.24, 2.45) is 23.7 Å². The average Bonchev–Trinajstić information content (AvgIpc) is 2.96. The number of carbonyl (C=O) groups excluding carboxylic acids is 1. The maximum Gasteiger partial charge on any atom is 0.264 e. The number of amides is 1. The lowest BCUT2D eigenvalue weighted by Gasteiger charge is -2.42. The van der Waals surface area contributed by atoms with Gasteiger partial charge in [-0.3, -0.25) is 4.79 Å². The van der Waals surface area contributed by atoms with Crippen LogP contribution in [-0.2, 0) is 23.1 Å². The minimum Gasteiger partial charge on any atom is -0.487 e. The van der Waals surface area contributed by atoms with Gasteiger partial charge in [0, 0.05) is 23.7 Å². The van der Waals surface area contributed by atoms with Crippen molar-refractivity contribution in [3.05, 3.63) is 70.3 Å². The molecule has 1 amide bonds. The molecule has 2 aromatic rings. The molecule has 2 aliphatic heterocycles. The van der Waals surface area contributed by atoms with Gasteiger partial charge in [-0.2, -0.15) is 0 Å². The fourth-order valence-corrected chi connectivity index (χ4v) is 9.32. The summed E-state index contributed by atoms with van der Waals surface area (Å²) in [7, 11) is -3.94. The summed E-state index contributed by atoms with van der Waals surface area (Å²) in [6.07, 6.45) is 12.3. The fourth-order valence-electron chi connectivity index (χ4n) is 7.35. The molecule has 6 rings (SSSR count). The zero-order chi connectivity index (χ0) is 30.8. The topological polar surface area (TPSA) is 95.9 Å². The molecule has 0 radical (unpaired) electrons. The van der Waals surface area contributed by atoms with Crippen LogP contribution in [0.2, 0.25) is 5.02 Å². The number of aliphatic hydroxyl groups is 1. The molecule has 2 bridgehead atoms. The first-order valence-corrected chi connectivity index (χ1v) is 18.3. The van der Waals surface area contributed by atoms with Gasteiger partial charge in [-0.05, 0) is 110 Å². The van der Waals surface area contributed by atoms with Crippen molar-refractivity contribution in [2.45, 2.75) is 89.1 Å². The van der Waals surface area contributed by atoms with Crippen LogP contribution in [0.1, 0.15) is 86.2 Å². The van der Waals surface area contributed by atoms with Gasteiger partial charge in [-0.15, -0.1) is 0 Å². The molecule has 4 aliphatic rings. The van der Waals surface area contributed by atoms with Crippen molar-refractivity contribution in [3.8, 4) is 5.75 Å². The SMILES string of the molecule is C[C@@H]1C/C=C/[C@H](O)[C@@H]2CC[C@H]2CN2CCCCc3cc(Cl)ccc3COc3ccc(cc32)C(=O)NS(=O)(=O)[C@H]1CC1CCC1. The molecule has 5 atom stereocenters. The molecule has 0 unspecified atom stereocenters. The predicted molar refractivity (Wildman–Crippen MR) is 175 cm³/mol. The van der Waals surface area contributed by atoms with Crippen LogP contribution < -0.4 is 14.4 Å². The molecule has 2 saturated carbocycles. The van der Waals surface area contributed by atoms with Crippen LogP contribution in [0.15, 0.2) is 48.6 Å². The second-order valence-electron chi connectivity index (χ2n) is 13.5. The highest BCUT2D eigenvalue weighted by Gasteiger charge is 2.38. The van der Waals surface area contributed by atoms with E-state index in [1.165, 1.54) is 5.56 Å². The average molecular weight is 641 g/mol. The van der Waals surface area contributed by atoms with Gasteiger partial charge in [-0.1, -0.05) is 56.0 Å². The molecule has 0 aromatic heterocycles. The molecule has 2 N–H and O–H groups in total. The number of ether oxygens (including phenoxy) is 1. The minimum atomic E-state index is -3.94. The minimum absolute atomic E-state index is 0.143. The van der Waals surface area contributed by atoms with Crippen molar-refractivity contribution < 1.29 is 23.1 Å². The summed E-state index contributed by atoms with van der Waals surface area (Å²) >= 11 is 6.33. The molecule has 7 nitrogen and oxygen atoms in total. The van der Waals surface area contributed by atoms with Crippen molar-refractivity contribution in [1.29, 1.82) is 0 Å². The Bertz CT molecular complexity index is 1490. The highest BCUT2D eigenvalue weighted by atomic mass is 35.5. The first-order chi connectivity index (χ1) is 21.2. The number of aryl methyl sites for hydroxylation is 1. The Balaban J connectivity index is 1.37. The summed E-state index contributed by atoms with van der Waals surface area (Å²) in [5, 5.41) is 11.2. The zero-order valence-corrected chi connectivity index (χ0v) is 27.2. The normalized spacial score (nSPS) is 30.2. The van der Waals surface area contributed by atoms with Gasteiger partial charge in [0.25, 0.3) is 5.91 Å². The number of fused-ring (bicyclic) bond motifs is 3. The summed E-state index contributed by atoms with van der Waals surface area (Å²) in [6.45, 7) is 3.79. The van der Waals surface area contributed by atoms with E-state index in [0.717, 1.165) is 75.7 Å². The molecule has 238 valence electrons. The van der Waals surface area contributed by atoms with E-state index in [9.17, 15) is 18.3 Å². The van der Waals surface area contributed by atoms with Crippen molar-refractivity contribution in [3.63, 3.8) is 0 Å². The van der Waals surface area contributed by atoms with Crippen molar-refractivity contribution >= 4 is 33.2 Å². The summed E-state index contributed by atoms with van der Waals surface area (Å²) in [5.41, 5.74) is 3.35. The van der Waals surface area contributed by atoms with Gasteiger partial charge in [0.15, 0.2) is 0 Å². The first kappa shape index (κ1) is 31.4. The number of sulfonamides is 1. The van der Waals surface area contributed by atoms with E-state index in [0.29, 0.717) is 47.6 Å². The monoisotopic (exact) mass is 640 g/mol. The molecule has 2 heterocycles. The number of hydrogen-bond acceptors (Lipinski definition) is 6. The predicted octanol–water partition coefficient (Wildman–Crippen LogP) is 6.66. The third-order valence-corrected chi connectivity index (χ3v) is 12.7. The van der Waals surface area contributed by atoms with Crippen molar-refractivity contribution in [2.75, 3.05) is 18.0 Å². The smallest absolute Gasteiger partial charge is 0.264 e. The first-order valence-electron chi connectivity index (χ1n) is 16.4. The highest BCUT2D eigenvalue weighted by Crippen LogP contribution is 2.41. The van der Waals surface area contributed by atoms with Crippen LogP contribution in [0.3, 0.4) is 0 Å². The summed E-state index contributed by atoms with van der Waals surface area (Å²) in [5.74, 6) is 0.671. The molecule has 9 heteroatoms. The number of nitrogens with zero attached hydrogens (tertiary/aromatic N) is 1. The number of halogens is 1. The van der Waals surface area contributed by atoms with Gasteiger partial charge >= 0.3 is 0 Å². The molecule has 2 fully saturated rings. The van der Waals surface area contributed by atoms with Gasteiger partial charge in [0.1, 0.15) is 12.4 Å². The van der Waals surface area contributed by atoms with Crippen LogP contribution in [0, 0.1) is 23.7 Å². The zero-order valence-electron chi connectivity index (χ0n) is 25.6. The lowest BCUT2D eigenvalue weighted by molar-refractivity contribution is 0.0461. The lowest BCUT2D eigenvalue weighted by atomic mass is 9.70. The Labute approximate surface area is 267 Å². The molecular weight excluding hydrogens is 596 g/mol. The van der Waals surface area contributed by atoms with E-state index in [1.54, 1.807) is 18.2 Å². The van der Waals surface area contributed by atoms with Gasteiger partial charge in [-0.25, -0.2) is 13.1 Å². The Morgan fingerprint density at radius 1 is 1.05 bits per heavy atom. The number of anilines is 1. The number of allylic oxidation sites excluding steroid dienone is 1. The number of aliphatic hydroxyl groups excluding tert-OH is 1. The van der Waals surface area contributed by atoms with Crippen LogP contribution in [0.5, 0.6) is 5.75 Å². The van der Waals surface area contributed by atoms with Crippen LogP contribution in [0.25, 0.3) is 0 Å². The summed E-state index contributed by atoms with van der Waals surface area (Å²) in [4.78, 5) is 15.9. The van der Waals surface area contributed by atoms with E-state index in [2.05, 4.69) is 9.62 Å². The summed E-state index contributed by atoms with van der Waals surface area (Å²) in [6, 6.07) is 11.2. The summed E-state index contributed by atoms with van der Waals surface area (Å²) < 4.78 is 36.4. The molecule has 0 spiro atoms. The molecule has 2 aromatic carbocycles. The van der Waals surface area contributed by atoms with E-state index in [1.807, 2.05) is 37.3 Å². The largest absolute Gasteiger partial charge is 0.487 e. The number of carbonyl (C=O) groups is 1. The molecule has 2 aliphatic carbocycles. The van der Waals surface area contributed by atoms with Crippen LogP contribution in [0.4, 0.5) is 5.69 Å². The van der Waals surface area contributed by atoms with Gasteiger partial charge < -0.3 is 14.7 Å². The lowest BCUT2D eigenvalue weighted by Crippen LogP contribution is -2.44. The third kappa shape index (κ3) is 6.97. The number of rotatable bonds is 2. The van der Waals surface area contributed by atoms with Gasteiger partial charge in [0.2, 0.25) is 10.0 Å². The Hall–Kier alpha value is -2.55. The Morgan fingerprint density at radius 3 is 2.64 bits per heavy atom. The van der Waals surface area contributed by atoms with E-state index >= 15 is 0 Å². The van der Waals surface area contributed by atoms with E-state index in [-0.39, 0.29) is 11.8 Å².